The van der Waals surface area contributed by atoms with Gasteiger partial charge in [0.2, 0.25) is 0 Å². The van der Waals surface area contributed by atoms with Crippen LogP contribution < -0.4 is 26.0 Å². The summed E-state index contributed by atoms with van der Waals surface area (Å²) in [4.78, 5) is 35.8. The minimum atomic E-state index is -0.285. The average molecular weight is 399 g/mol. The second kappa shape index (κ2) is 11.5. The molecule has 0 aliphatic rings. The van der Waals surface area contributed by atoms with Crippen molar-refractivity contribution in [3.63, 3.8) is 0 Å². The van der Waals surface area contributed by atoms with Crippen LogP contribution >= 0.6 is 0 Å². The van der Waals surface area contributed by atoms with E-state index in [4.69, 9.17) is 4.74 Å². The first-order valence-electron chi connectivity index (χ1n) is 9.35. The van der Waals surface area contributed by atoms with Crippen LogP contribution in [0.1, 0.15) is 15.9 Å². The largest absolute Gasteiger partial charge is 0.497 e. The first-order valence-corrected chi connectivity index (χ1v) is 9.35. The fourth-order valence-corrected chi connectivity index (χ4v) is 2.64. The zero-order chi connectivity index (χ0) is 21.1. The minimum Gasteiger partial charge on any atom is -0.497 e. The number of quaternary nitrogens is 1. The van der Waals surface area contributed by atoms with Crippen LogP contribution in [0.4, 0.5) is 5.69 Å². The molecule has 0 aliphatic heterocycles. The van der Waals surface area contributed by atoms with Gasteiger partial charge in [0.15, 0.2) is 13.1 Å². The van der Waals surface area contributed by atoms with E-state index in [1.165, 1.54) is 0 Å². The van der Waals surface area contributed by atoms with Crippen molar-refractivity contribution in [1.29, 1.82) is 0 Å². The van der Waals surface area contributed by atoms with Gasteiger partial charge < -0.3 is 26.0 Å². The molecule has 0 heterocycles. The van der Waals surface area contributed by atoms with E-state index < -0.39 is 0 Å². The molecule has 0 spiro atoms. The van der Waals surface area contributed by atoms with E-state index in [0.717, 1.165) is 11.3 Å². The van der Waals surface area contributed by atoms with E-state index in [-0.39, 0.29) is 30.8 Å². The highest BCUT2D eigenvalue weighted by Crippen LogP contribution is 2.15. The van der Waals surface area contributed by atoms with Crippen molar-refractivity contribution in [3.05, 3.63) is 59.7 Å². The summed E-state index contributed by atoms with van der Waals surface area (Å²) < 4.78 is 5.13. The molecule has 2 aromatic rings. The number of amides is 3. The normalized spacial score (nSPS) is 10.1. The Labute approximate surface area is 170 Å². The Balaban J connectivity index is 1.86. The third-order valence-electron chi connectivity index (χ3n) is 4.24. The Morgan fingerprint density at radius 1 is 0.966 bits per heavy atom. The number of methoxy groups -OCH3 is 1. The van der Waals surface area contributed by atoms with Crippen LogP contribution in [0.25, 0.3) is 0 Å². The fraction of sp³-hybridized carbons (Fsp3) is 0.286. The lowest BCUT2D eigenvalue weighted by Crippen LogP contribution is -2.88. The summed E-state index contributed by atoms with van der Waals surface area (Å²) in [6.07, 6.45) is 0.679. The summed E-state index contributed by atoms with van der Waals surface area (Å²) in [7, 11) is 3.16. The van der Waals surface area contributed by atoms with Gasteiger partial charge in [0, 0.05) is 13.6 Å². The SMILES string of the molecule is CNC(=O)C[NH2+]CC(=O)Nc1ccccc1C(=O)NCCc1ccc(OC)cc1. The van der Waals surface area contributed by atoms with E-state index in [1.54, 1.807) is 43.7 Å². The maximum Gasteiger partial charge on any atom is 0.279 e. The van der Waals surface area contributed by atoms with Gasteiger partial charge in [-0.2, -0.15) is 0 Å². The molecule has 0 radical (unpaired) electrons. The van der Waals surface area contributed by atoms with Gasteiger partial charge in [0.05, 0.1) is 18.4 Å². The molecule has 8 heteroatoms. The van der Waals surface area contributed by atoms with E-state index in [9.17, 15) is 14.4 Å². The number of nitrogens with one attached hydrogen (secondary N) is 3. The number of hydrogen-bond acceptors (Lipinski definition) is 4. The van der Waals surface area contributed by atoms with Crippen molar-refractivity contribution in [2.45, 2.75) is 6.42 Å². The van der Waals surface area contributed by atoms with E-state index in [2.05, 4.69) is 16.0 Å². The van der Waals surface area contributed by atoms with Gasteiger partial charge in [-0.1, -0.05) is 24.3 Å². The lowest BCUT2D eigenvalue weighted by Gasteiger charge is -2.11. The molecule has 29 heavy (non-hydrogen) atoms. The average Bonchev–Trinajstić information content (AvgIpc) is 2.74. The number of nitrogens with two attached hydrogens (primary N) is 1. The van der Waals surface area contributed by atoms with Crippen LogP contribution in [0.15, 0.2) is 48.5 Å². The Kier molecular flexibility index (Phi) is 8.65. The van der Waals surface area contributed by atoms with E-state index in [0.29, 0.717) is 24.2 Å². The van der Waals surface area contributed by atoms with Crippen LogP contribution in [0.5, 0.6) is 5.75 Å². The van der Waals surface area contributed by atoms with Crippen molar-refractivity contribution in [2.75, 3.05) is 39.1 Å². The summed E-state index contributed by atoms with van der Waals surface area (Å²) in [5.74, 6) is 0.0839. The summed E-state index contributed by atoms with van der Waals surface area (Å²) in [5.41, 5.74) is 1.91. The number of likely N-dealkylation sites (N-methyl/N-ethyl adjacent to an activating group) is 1. The molecule has 0 aromatic heterocycles. The molecule has 0 aliphatic carbocycles. The Hall–Kier alpha value is -3.39. The number of anilines is 1. The highest BCUT2D eigenvalue weighted by atomic mass is 16.5. The smallest absolute Gasteiger partial charge is 0.279 e. The predicted octanol–water partition coefficient (Wildman–Crippen LogP) is -0.0844. The quantitative estimate of drug-likeness (QED) is 0.447. The zero-order valence-corrected chi connectivity index (χ0v) is 16.7. The Bertz CT molecular complexity index is 837. The van der Waals surface area contributed by atoms with E-state index >= 15 is 0 Å². The van der Waals surface area contributed by atoms with Crippen LogP contribution in [-0.2, 0) is 16.0 Å². The van der Waals surface area contributed by atoms with Crippen LogP contribution in [0.3, 0.4) is 0 Å². The molecule has 0 saturated carbocycles. The monoisotopic (exact) mass is 399 g/mol. The molecule has 3 amide bonds. The topological polar surface area (TPSA) is 113 Å². The van der Waals surface area contributed by atoms with Gasteiger partial charge in [0.1, 0.15) is 5.75 Å². The standard InChI is InChI=1S/C21H26N4O4/c1-22-19(26)13-23-14-20(27)25-18-6-4-3-5-17(18)21(28)24-12-11-15-7-9-16(29-2)10-8-15/h3-10,23H,11-14H2,1-2H3,(H,22,26)(H,24,28)(H,25,27)/p+1. The number of hydrogen-bond donors (Lipinski definition) is 4. The first kappa shape index (κ1) is 21.9. The molecule has 2 rings (SSSR count). The minimum absolute atomic E-state index is 0.0842. The summed E-state index contributed by atoms with van der Waals surface area (Å²) in [6, 6.07) is 14.5. The third kappa shape index (κ3) is 7.27. The maximum absolute atomic E-state index is 12.5. The van der Waals surface area contributed by atoms with Crippen LogP contribution in [0.2, 0.25) is 0 Å². The molecular weight excluding hydrogens is 372 g/mol. The van der Waals surface area contributed by atoms with Crippen molar-refractivity contribution in [2.24, 2.45) is 0 Å². The third-order valence-corrected chi connectivity index (χ3v) is 4.24. The molecule has 154 valence electrons. The Morgan fingerprint density at radius 3 is 2.34 bits per heavy atom. The fourth-order valence-electron chi connectivity index (χ4n) is 2.64. The molecule has 0 unspecified atom stereocenters. The van der Waals surface area contributed by atoms with Gasteiger partial charge in [-0.15, -0.1) is 0 Å². The number of benzene rings is 2. The van der Waals surface area contributed by atoms with Crippen molar-refractivity contribution in [1.82, 2.24) is 10.6 Å². The molecule has 0 atom stereocenters. The molecule has 0 fully saturated rings. The number of carbonyl (C=O) groups is 3. The molecule has 5 N–H and O–H groups in total. The first-order chi connectivity index (χ1) is 14.0. The molecular formula is C21H27N4O4+. The van der Waals surface area contributed by atoms with Crippen molar-refractivity contribution in [3.8, 4) is 5.75 Å². The van der Waals surface area contributed by atoms with Crippen molar-refractivity contribution < 1.29 is 24.4 Å². The second-order valence-corrected chi connectivity index (χ2v) is 6.32. The maximum atomic E-state index is 12.5. The van der Waals surface area contributed by atoms with Crippen LogP contribution in [-0.4, -0.2) is 51.5 Å². The summed E-state index contributed by atoms with van der Waals surface area (Å²) >= 11 is 0. The predicted molar refractivity (Wildman–Crippen MR) is 110 cm³/mol. The van der Waals surface area contributed by atoms with Gasteiger partial charge in [-0.05, 0) is 36.2 Å². The van der Waals surface area contributed by atoms with Crippen molar-refractivity contribution >= 4 is 23.4 Å². The van der Waals surface area contributed by atoms with Gasteiger partial charge >= 0.3 is 0 Å². The summed E-state index contributed by atoms with van der Waals surface area (Å²) in [6.45, 7) is 0.714. The lowest BCUT2D eigenvalue weighted by atomic mass is 10.1. The highest BCUT2D eigenvalue weighted by molar-refractivity contribution is 6.03. The Morgan fingerprint density at radius 2 is 1.66 bits per heavy atom. The highest BCUT2D eigenvalue weighted by Gasteiger charge is 2.14. The molecule has 0 saturated heterocycles. The number of para-hydroxylation sites is 1. The van der Waals surface area contributed by atoms with Gasteiger partial charge in [-0.3, -0.25) is 14.4 Å². The molecule has 0 bridgehead atoms. The van der Waals surface area contributed by atoms with Crippen LogP contribution in [0, 0.1) is 0 Å². The summed E-state index contributed by atoms with van der Waals surface area (Å²) in [5, 5.41) is 9.68. The van der Waals surface area contributed by atoms with E-state index in [1.807, 2.05) is 24.3 Å². The second-order valence-electron chi connectivity index (χ2n) is 6.32. The molecule has 2 aromatic carbocycles. The zero-order valence-electron chi connectivity index (χ0n) is 16.7. The lowest BCUT2D eigenvalue weighted by molar-refractivity contribution is -0.632. The number of ether oxygens (including phenoxy) is 1. The molecule has 8 nitrogen and oxygen atoms in total. The van der Waals surface area contributed by atoms with Gasteiger partial charge in [0.25, 0.3) is 17.7 Å². The number of rotatable bonds is 10. The number of carbonyl (C=O) groups excluding carboxylic acids is 3. The van der Waals surface area contributed by atoms with Gasteiger partial charge in [-0.25, -0.2) is 0 Å².